The van der Waals surface area contributed by atoms with Gasteiger partial charge in [0.15, 0.2) is 6.10 Å². The molecule has 1 unspecified atom stereocenters. The summed E-state index contributed by atoms with van der Waals surface area (Å²) in [5.41, 5.74) is 0.678. The predicted octanol–water partition coefficient (Wildman–Crippen LogP) is 6.00. The normalized spacial score (nSPS) is 14.3. The lowest BCUT2D eigenvalue weighted by Gasteiger charge is -2.23. The molecule has 0 spiro atoms. The molecule has 2 aromatic rings. The van der Waals surface area contributed by atoms with Gasteiger partial charge in [0.1, 0.15) is 0 Å². The molecule has 0 aliphatic rings. The Kier molecular flexibility index (Phi) is 6.45. The van der Waals surface area contributed by atoms with E-state index >= 15 is 0 Å². The summed E-state index contributed by atoms with van der Waals surface area (Å²) in [6, 6.07) is 12.9. The molecular weight excluding hydrogens is 329 g/mol. The van der Waals surface area contributed by atoms with Gasteiger partial charge in [-0.1, -0.05) is 62.2 Å². The van der Waals surface area contributed by atoms with E-state index in [9.17, 15) is 18.0 Å². The number of hydrogen-bond acceptors (Lipinski definition) is 2. The number of fused-ring (bicyclic) bond motifs is 1. The topological polar surface area (TPSA) is 26.3 Å². The van der Waals surface area contributed by atoms with E-state index < -0.39 is 24.2 Å². The summed E-state index contributed by atoms with van der Waals surface area (Å²) >= 11 is 0. The van der Waals surface area contributed by atoms with Crippen molar-refractivity contribution < 1.29 is 22.7 Å². The van der Waals surface area contributed by atoms with Crippen molar-refractivity contribution >= 4 is 16.7 Å². The SMILES string of the molecule is CCCCC[C@@H](OC(=O)C(C)c1cccc2ccccc12)C(F)(F)F. The monoisotopic (exact) mass is 352 g/mol. The molecule has 0 fully saturated rings. The largest absolute Gasteiger partial charge is 0.452 e. The Morgan fingerprint density at radius 2 is 1.76 bits per heavy atom. The molecule has 0 aliphatic carbocycles. The minimum atomic E-state index is -4.54. The Labute approximate surface area is 146 Å². The maximum absolute atomic E-state index is 13.1. The van der Waals surface area contributed by atoms with E-state index in [1.165, 1.54) is 0 Å². The highest BCUT2D eigenvalue weighted by molar-refractivity contribution is 5.91. The van der Waals surface area contributed by atoms with Gasteiger partial charge in [0.25, 0.3) is 0 Å². The molecule has 0 saturated heterocycles. The number of halogens is 3. The van der Waals surface area contributed by atoms with Crippen molar-refractivity contribution in [1.82, 2.24) is 0 Å². The van der Waals surface area contributed by atoms with Crippen LogP contribution in [-0.2, 0) is 9.53 Å². The van der Waals surface area contributed by atoms with Gasteiger partial charge in [0.2, 0.25) is 0 Å². The van der Waals surface area contributed by atoms with Crippen LogP contribution in [0.3, 0.4) is 0 Å². The molecule has 136 valence electrons. The third-order valence-electron chi connectivity index (χ3n) is 4.34. The van der Waals surface area contributed by atoms with Crippen LogP contribution in [0.15, 0.2) is 42.5 Å². The number of carbonyl (C=O) groups excluding carboxylic acids is 1. The molecule has 0 heterocycles. The number of unbranched alkanes of at least 4 members (excludes halogenated alkanes) is 2. The number of carbonyl (C=O) groups is 1. The predicted molar refractivity (Wildman–Crippen MR) is 92.4 cm³/mol. The average molecular weight is 352 g/mol. The minimum absolute atomic E-state index is 0.189. The standard InChI is InChI=1S/C20H23F3O2/c1-3-4-5-13-18(20(21,22)23)25-19(24)14(2)16-12-8-10-15-9-6-7-11-17(15)16/h6-12,14,18H,3-5,13H2,1-2H3/t14?,18-/m1/s1. The minimum Gasteiger partial charge on any atom is -0.452 e. The van der Waals surface area contributed by atoms with Crippen LogP contribution in [0, 0.1) is 0 Å². The quantitative estimate of drug-likeness (QED) is 0.451. The molecule has 2 aromatic carbocycles. The van der Waals surface area contributed by atoms with Gasteiger partial charge in [-0.25, -0.2) is 0 Å². The second-order valence-electron chi connectivity index (χ2n) is 6.25. The van der Waals surface area contributed by atoms with Gasteiger partial charge in [-0.15, -0.1) is 0 Å². The molecule has 2 atom stereocenters. The van der Waals surface area contributed by atoms with Gasteiger partial charge < -0.3 is 4.74 Å². The average Bonchev–Trinajstić information content (AvgIpc) is 2.59. The lowest BCUT2D eigenvalue weighted by atomic mass is 9.95. The van der Waals surface area contributed by atoms with Crippen LogP contribution in [-0.4, -0.2) is 18.2 Å². The van der Waals surface area contributed by atoms with Crippen molar-refractivity contribution in [3.63, 3.8) is 0 Å². The molecule has 25 heavy (non-hydrogen) atoms. The Morgan fingerprint density at radius 3 is 2.44 bits per heavy atom. The molecule has 0 bridgehead atoms. The fourth-order valence-corrected chi connectivity index (χ4v) is 2.87. The van der Waals surface area contributed by atoms with Crippen molar-refractivity contribution in [3.05, 3.63) is 48.0 Å². The number of benzene rings is 2. The van der Waals surface area contributed by atoms with E-state index in [1.54, 1.807) is 19.1 Å². The first kappa shape index (κ1) is 19.3. The van der Waals surface area contributed by atoms with Gasteiger partial charge in [0.05, 0.1) is 5.92 Å². The summed E-state index contributed by atoms with van der Waals surface area (Å²) in [4.78, 5) is 12.4. The highest BCUT2D eigenvalue weighted by atomic mass is 19.4. The molecule has 0 aliphatic heterocycles. The molecule has 5 heteroatoms. The highest BCUT2D eigenvalue weighted by Crippen LogP contribution is 2.31. The van der Waals surface area contributed by atoms with Crippen molar-refractivity contribution in [2.45, 2.75) is 57.7 Å². The fraction of sp³-hybridized carbons (Fsp3) is 0.450. The summed E-state index contributed by atoms with van der Waals surface area (Å²) < 4.78 is 44.3. The van der Waals surface area contributed by atoms with E-state index in [0.29, 0.717) is 18.4 Å². The van der Waals surface area contributed by atoms with Crippen LogP contribution in [0.2, 0.25) is 0 Å². The number of rotatable bonds is 7. The van der Waals surface area contributed by atoms with Crippen molar-refractivity contribution in [2.24, 2.45) is 0 Å². The van der Waals surface area contributed by atoms with Crippen molar-refractivity contribution in [3.8, 4) is 0 Å². The molecule has 0 radical (unpaired) electrons. The lowest BCUT2D eigenvalue weighted by molar-refractivity contribution is -0.223. The summed E-state index contributed by atoms with van der Waals surface area (Å²) in [6.45, 7) is 3.50. The molecule has 0 saturated carbocycles. The fourth-order valence-electron chi connectivity index (χ4n) is 2.87. The third kappa shape index (κ3) is 4.97. The molecular formula is C20H23F3O2. The second kappa shape index (κ2) is 8.37. The number of ether oxygens (including phenoxy) is 1. The van der Waals surface area contributed by atoms with Crippen LogP contribution in [0.4, 0.5) is 13.2 Å². The van der Waals surface area contributed by atoms with Gasteiger partial charge in [-0.05, 0) is 36.1 Å². The van der Waals surface area contributed by atoms with Crippen molar-refractivity contribution in [1.29, 1.82) is 0 Å². The number of alkyl halides is 3. The first-order chi connectivity index (χ1) is 11.8. The third-order valence-corrected chi connectivity index (χ3v) is 4.34. The number of hydrogen-bond donors (Lipinski definition) is 0. The lowest BCUT2D eigenvalue weighted by Crippen LogP contribution is -2.35. The van der Waals surface area contributed by atoms with Crippen LogP contribution < -0.4 is 0 Å². The Morgan fingerprint density at radius 1 is 1.08 bits per heavy atom. The van der Waals surface area contributed by atoms with Crippen LogP contribution in [0.5, 0.6) is 0 Å². The molecule has 0 amide bonds. The summed E-state index contributed by atoms with van der Waals surface area (Å²) in [5, 5.41) is 1.79. The molecule has 2 rings (SSSR count). The Balaban J connectivity index is 2.17. The maximum atomic E-state index is 13.1. The van der Waals surface area contributed by atoms with Gasteiger partial charge in [-0.2, -0.15) is 13.2 Å². The van der Waals surface area contributed by atoms with Crippen molar-refractivity contribution in [2.75, 3.05) is 0 Å². The highest BCUT2D eigenvalue weighted by Gasteiger charge is 2.42. The summed E-state index contributed by atoms with van der Waals surface area (Å²) in [7, 11) is 0. The van der Waals surface area contributed by atoms with Crippen LogP contribution >= 0.6 is 0 Å². The van der Waals surface area contributed by atoms with E-state index in [4.69, 9.17) is 4.74 Å². The van der Waals surface area contributed by atoms with E-state index in [0.717, 1.165) is 17.2 Å². The van der Waals surface area contributed by atoms with Crippen LogP contribution in [0.1, 0.15) is 51.0 Å². The molecule has 0 aromatic heterocycles. The van der Waals surface area contributed by atoms with E-state index in [-0.39, 0.29) is 6.42 Å². The molecule has 2 nitrogen and oxygen atoms in total. The zero-order valence-corrected chi connectivity index (χ0v) is 14.5. The Hall–Kier alpha value is -2.04. The smallest absolute Gasteiger partial charge is 0.425 e. The Bertz CT molecular complexity index is 704. The zero-order valence-electron chi connectivity index (χ0n) is 14.5. The van der Waals surface area contributed by atoms with Gasteiger partial charge >= 0.3 is 12.1 Å². The van der Waals surface area contributed by atoms with Gasteiger partial charge in [-0.3, -0.25) is 4.79 Å². The number of esters is 1. The first-order valence-electron chi connectivity index (χ1n) is 8.59. The summed E-state index contributed by atoms with van der Waals surface area (Å²) in [6.07, 6.45) is -4.89. The second-order valence-corrected chi connectivity index (χ2v) is 6.25. The maximum Gasteiger partial charge on any atom is 0.425 e. The summed E-state index contributed by atoms with van der Waals surface area (Å²) in [5.74, 6) is -1.60. The van der Waals surface area contributed by atoms with Crippen LogP contribution in [0.25, 0.3) is 10.8 Å². The zero-order chi connectivity index (χ0) is 18.4. The van der Waals surface area contributed by atoms with Gasteiger partial charge in [0, 0.05) is 0 Å². The van der Waals surface area contributed by atoms with E-state index in [1.807, 2.05) is 37.3 Å². The first-order valence-corrected chi connectivity index (χ1v) is 8.59. The molecule has 0 N–H and O–H groups in total. The van der Waals surface area contributed by atoms with E-state index in [2.05, 4.69) is 0 Å².